The molecular weight excluding hydrogens is 236 g/mol. The highest BCUT2D eigenvalue weighted by molar-refractivity contribution is 5.05. The molecule has 0 bridgehead atoms. The Balaban J connectivity index is 1.74. The van der Waals surface area contributed by atoms with Crippen molar-refractivity contribution < 1.29 is 5.11 Å². The van der Waals surface area contributed by atoms with Crippen LogP contribution in [0.15, 0.2) is 12.4 Å². The number of aryl methyl sites for hydroxylation is 1. The van der Waals surface area contributed by atoms with Gasteiger partial charge in [0.2, 0.25) is 0 Å². The van der Waals surface area contributed by atoms with Crippen LogP contribution in [0.5, 0.6) is 0 Å². The van der Waals surface area contributed by atoms with E-state index in [1.54, 1.807) is 0 Å². The molecule has 0 saturated heterocycles. The van der Waals surface area contributed by atoms with Gasteiger partial charge in [0, 0.05) is 19.7 Å². The Morgan fingerprint density at radius 1 is 1.37 bits per heavy atom. The fourth-order valence-electron chi connectivity index (χ4n) is 3.34. The van der Waals surface area contributed by atoms with E-state index in [0.29, 0.717) is 5.92 Å². The summed E-state index contributed by atoms with van der Waals surface area (Å²) in [6, 6.07) is 0. The maximum Gasteiger partial charge on any atom is 0.0609 e. The first-order valence-electron chi connectivity index (χ1n) is 7.84. The van der Waals surface area contributed by atoms with Crippen LogP contribution in [0, 0.1) is 11.8 Å². The SMILES string of the molecule is CCCCC1CCC(C(O)Cc2cnn(C)c2)CC1. The van der Waals surface area contributed by atoms with E-state index in [0.717, 1.165) is 17.9 Å². The zero-order chi connectivity index (χ0) is 13.7. The highest BCUT2D eigenvalue weighted by Crippen LogP contribution is 2.34. The fraction of sp³-hybridized carbons (Fsp3) is 0.812. The van der Waals surface area contributed by atoms with Gasteiger partial charge in [-0.1, -0.05) is 39.0 Å². The lowest BCUT2D eigenvalue weighted by molar-refractivity contribution is 0.0726. The van der Waals surface area contributed by atoms with Gasteiger partial charge in [0.25, 0.3) is 0 Å². The Hall–Kier alpha value is -0.830. The molecule has 1 fully saturated rings. The molecule has 1 saturated carbocycles. The fourth-order valence-corrected chi connectivity index (χ4v) is 3.34. The van der Waals surface area contributed by atoms with Crippen LogP contribution in [0.25, 0.3) is 0 Å². The molecule has 1 aliphatic carbocycles. The summed E-state index contributed by atoms with van der Waals surface area (Å²) >= 11 is 0. The second-order valence-electron chi connectivity index (χ2n) is 6.22. The highest BCUT2D eigenvalue weighted by Gasteiger charge is 2.26. The number of hydrogen-bond acceptors (Lipinski definition) is 2. The van der Waals surface area contributed by atoms with Gasteiger partial charge in [0.15, 0.2) is 0 Å². The first-order valence-corrected chi connectivity index (χ1v) is 7.84. The first kappa shape index (κ1) is 14.6. The van der Waals surface area contributed by atoms with Gasteiger partial charge in [-0.3, -0.25) is 4.68 Å². The number of aliphatic hydroxyl groups is 1. The van der Waals surface area contributed by atoms with E-state index in [-0.39, 0.29) is 6.10 Å². The standard InChI is InChI=1S/C16H28N2O/c1-3-4-5-13-6-8-15(9-7-13)16(19)10-14-11-17-18(2)12-14/h11-13,15-16,19H,3-10H2,1-2H3. The van der Waals surface area contributed by atoms with Crippen molar-refractivity contribution in [1.29, 1.82) is 0 Å². The van der Waals surface area contributed by atoms with Gasteiger partial charge < -0.3 is 5.11 Å². The van der Waals surface area contributed by atoms with Gasteiger partial charge >= 0.3 is 0 Å². The molecule has 1 unspecified atom stereocenters. The maximum absolute atomic E-state index is 10.4. The molecular formula is C16H28N2O. The second kappa shape index (κ2) is 7.09. The van der Waals surface area contributed by atoms with E-state index in [1.165, 1.54) is 44.9 Å². The summed E-state index contributed by atoms with van der Waals surface area (Å²) in [4.78, 5) is 0. The van der Waals surface area contributed by atoms with Crippen molar-refractivity contribution >= 4 is 0 Å². The Morgan fingerprint density at radius 2 is 2.11 bits per heavy atom. The lowest BCUT2D eigenvalue weighted by Gasteiger charge is -2.31. The Morgan fingerprint density at radius 3 is 2.68 bits per heavy atom. The molecule has 3 heteroatoms. The smallest absolute Gasteiger partial charge is 0.0609 e. The van der Waals surface area contributed by atoms with Crippen LogP contribution in [0.2, 0.25) is 0 Å². The minimum Gasteiger partial charge on any atom is -0.392 e. The quantitative estimate of drug-likeness (QED) is 0.856. The lowest BCUT2D eigenvalue weighted by Crippen LogP contribution is -2.27. The number of aromatic nitrogens is 2. The topological polar surface area (TPSA) is 38.1 Å². The Kier molecular flexibility index (Phi) is 5.44. The second-order valence-corrected chi connectivity index (χ2v) is 6.22. The summed E-state index contributed by atoms with van der Waals surface area (Å²) in [5, 5.41) is 14.5. The van der Waals surface area contributed by atoms with Crippen molar-refractivity contribution in [3.8, 4) is 0 Å². The van der Waals surface area contributed by atoms with Crippen molar-refractivity contribution in [2.45, 2.75) is 64.4 Å². The number of aliphatic hydroxyl groups excluding tert-OH is 1. The van der Waals surface area contributed by atoms with Crippen LogP contribution in [0.4, 0.5) is 0 Å². The minimum absolute atomic E-state index is 0.184. The van der Waals surface area contributed by atoms with Gasteiger partial charge in [0.1, 0.15) is 0 Å². The Bertz CT molecular complexity index is 367. The van der Waals surface area contributed by atoms with Crippen LogP contribution in [-0.2, 0) is 13.5 Å². The van der Waals surface area contributed by atoms with Crippen LogP contribution < -0.4 is 0 Å². The lowest BCUT2D eigenvalue weighted by atomic mass is 9.77. The predicted molar refractivity (Wildman–Crippen MR) is 77.9 cm³/mol. The zero-order valence-electron chi connectivity index (χ0n) is 12.4. The number of nitrogens with zero attached hydrogens (tertiary/aromatic N) is 2. The molecule has 0 spiro atoms. The van der Waals surface area contributed by atoms with Crippen molar-refractivity contribution in [2.75, 3.05) is 0 Å². The normalized spacial score (nSPS) is 25.4. The number of hydrogen-bond donors (Lipinski definition) is 1. The molecule has 3 nitrogen and oxygen atoms in total. The molecule has 1 heterocycles. The van der Waals surface area contributed by atoms with E-state index in [9.17, 15) is 5.11 Å². The molecule has 1 aliphatic rings. The molecule has 2 rings (SSSR count). The van der Waals surface area contributed by atoms with Crippen LogP contribution in [-0.4, -0.2) is 21.0 Å². The molecule has 0 radical (unpaired) electrons. The van der Waals surface area contributed by atoms with Gasteiger partial charge in [-0.15, -0.1) is 0 Å². The van der Waals surface area contributed by atoms with Crippen molar-refractivity contribution in [1.82, 2.24) is 9.78 Å². The van der Waals surface area contributed by atoms with Crippen molar-refractivity contribution in [3.05, 3.63) is 18.0 Å². The van der Waals surface area contributed by atoms with Gasteiger partial charge in [-0.05, 0) is 30.2 Å². The maximum atomic E-state index is 10.4. The molecule has 108 valence electrons. The molecule has 0 aliphatic heterocycles. The summed E-state index contributed by atoms with van der Waals surface area (Å²) in [5.74, 6) is 1.42. The van der Waals surface area contributed by atoms with Gasteiger partial charge in [0.05, 0.1) is 12.3 Å². The molecule has 1 N–H and O–H groups in total. The molecule has 1 atom stereocenters. The first-order chi connectivity index (χ1) is 9.19. The molecule has 19 heavy (non-hydrogen) atoms. The van der Waals surface area contributed by atoms with E-state index in [4.69, 9.17) is 0 Å². The van der Waals surface area contributed by atoms with E-state index in [2.05, 4.69) is 12.0 Å². The van der Waals surface area contributed by atoms with Gasteiger partial charge in [-0.2, -0.15) is 5.10 Å². The van der Waals surface area contributed by atoms with Crippen LogP contribution in [0.3, 0.4) is 0 Å². The summed E-state index contributed by atoms with van der Waals surface area (Å²) < 4.78 is 1.81. The predicted octanol–water partition coefficient (Wildman–Crippen LogP) is 3.32. The monoisotopic (exact) mass is 264 g/mol. The largest absolute Gasteiger partial charge is 0.392 e. The minimum atomic E-state index is -0.184. The van der Waals surface area contributed by atoms with E-state index < -0.39 is 0 Å². The third-order valence-corrected chi connectivity index (χ3v) is 4.60. The highest BCUT2D eigenvalue weighted by atomic mass is 16.3. The van der Waals surface area contributed by atoms with Crippen molar-refractivity contribution in [2.24, 2.45) is 18.9 Å². The molecule has 1 aromatic rings. The molecule has 1 aromatic heterocycles. The van der Waals surface area contributed by atoms with Crippen molar-refractivity contribution in [3.63, 3.8) is 0 Å². The Labute approximate surface area is 117 Å². The molecule has 0 aromatic carbocycles. The third kappa shape index (κ3) is 4.34. The molecule has 0 amide bonds. The summed E-state index contributed by atoms with van der Waals surface area (Å²) in [5.41, 5.74) is 1.16. The van der Waals surface area contributed by atoms with Crippen LogP contribution in [0.1, 0.15) is 57.4 Å². The third-order valence-electron chi connectivity index (χ3n) is 4.60. The van der Waals surface area contributed by atoms with Crippen LogP contribution >= 0.6 is 0 Å². The summed E-state index contributed by atoms with van der Waals surface area (Å²) in [7, 11) is 1.93. The van der Waals surface area contributed by atoms with E-state index in [1.807, 2.05) is 24.1 Å². The van der Waals surface area contributed by atoms with E-state index >= 15 is 0 Å². The zero-order valence-corrected chi connectivity index (χ0v) is 12.4. The summed E-state index contributed by atoms with van der Waals surface area (Å²) in [6.45, 7) is 2.27. The number of rotatable bonds is 6. The summed E-state index contributed by atoms with van der Waals surface area (Å²) in [6.07, 6.45) is 13.6. The van der Waals surface area contributed by atoms with Gasteiger partial charge in [-0.25, -0.2) is 0 Å². The number of unbranched alkanes of at least 4 members (excludes halogenated alkanes) is 1. The average molecular weight is 264 g/mol. The average Bonchev–Trinajstić information content (AvgIpc) is 2.82.